The average molecular weight is 829 g/mol. The lowest BCUT2D eigenvalue weighted by Crippen LogP contribution is -2.23. The summed E-state index contributed by atoms with van der Waals surface area (Å²) in [6.07, 6.45) is 1.10. The molecule has 0 fully saturated rings. The summed E-state index contributed by atoms with van der Waals surface area (Å²) < 4.78 is 0. The molecule has 0 amide bonds. The fourth-order valence-electron chi connectivity index (χ4n) is 10.4. The first-order chi connectivity index (χ1) is 31.1. The second kappa shape index (κ2) is 16.5. The fourth-order valence-corrected chi connectivity index (χ4v) is 10.4. The van der Waals surface area contributed by atoms with Gasteiger partial charge in [0.15, 0.2) is 0 Å². The zero-order valence-corrected chi connectivity index (χ0v) is 38.2. The van der Waals surface area contributed by atoms with Crippen molar-refractivity contribution < 1.29 is 0 Å². The topological polar surface area (TPSA) is 6.48 Å². The Kier molecular flexibility index (Phi) is 10.6. The smallest absolute Gasteiger partial charge is 0.0543 e. The second-order valence-corrected chi connectivity index (χ2v) is 18.1. The van der Waals surface area contributed by atoms with Gasteiger partial charge in [-0.1, -0.05) is 147 Å². The first-order valence-electron chi connectivity index (χ1n) is 22.9. The third-order valence-electron chi connectivity index (χ3n) is 14.0. The van der Waals surface area contributed by atoms with Crippen molar-refractivity contribution in [1.29, 1.82) is 0 Å². The van der Waals surface area contributed by atoms with Crippen LogP contribution in [0.25, 0.3) is 33.0 Å². The van der Waals surface area contributed by atoms with Crippen LogP contribution < -0.4 is 9.80 Å². The van der Waals surface area contributed by atoms with Crippen molar-refractivity contribution in [2.45, 2.75) is 66.2 Å². The summed E-state index contributed by atoms with van der Waals surface area (Å²) in [4.78, 5) is 4.94. The van der Waals surface area contributed by atoms with Gasteiger partial charge in [-0.05, 0) is 180 Å². The van der Waals surface area contributed by atoms with Gasteiger partial charge in [0, 0.05) is 39.2 Å². The zero-order valence-electron chi connectivity index (χ0n) is 38.2. The number of benzene rings is 9. The maximum Gasteiger partial charge on any atom is 0.0543 e. The molecule has 0 aliphatic heterocycles. The molecule has 0 spiro atoms. The van der Waals surface area contributed by atoms with E-state index in [9.17, 15) is 0 Å². The van der Waals surface area contributed by atoms with Crippen LogP contribution in [0.3, 0.4) is 0 Å². The van der Waals surface area contributed by atoms with Crippen molar-refractivity contribution in [3.8, 4) is 22.3 Å². The number of hydrogen-bond donors (Lipinski definition) is 0. The first-order valence-corrected chi connectivity index (χ1v) is 22.9. The van der Waals surface area contributed by atoms with Gasteiger partial charge in [0.05, 0.1) is 5.69 Å². The second-order valence-electron chi connectivity index (χ2n) is 18.1. The Hall–Kier alpha value is -7.16. The molecule has 2 unspecified atom stereocenters. The van der Waals surface area contributed by atoms with Crippen molar-refractivity contribution in [3.63, 3.8) is 0 Å². The van der Waals surface area contributed by atoms with Crippen molar-refractivity contribution >= 4 is 44.9 Å². The lowest BCUT2D eigenvalue weighted by atomic mass is 9.73. The molecule has 0 heterocycles. The molecule has 0 saturated carbocycles. The Labute approximate surface area is 380 Å². The normalized spacial score (nSPS) is 14.5. The molecule has 1 aliphatic rings. The molecule has 2 heteroatoms. The van der Waals surface area contributed by atoms with Gasteiger partial charge in [-0.3, -0.25) is 0 Å². The monoisotopic (exact) mass is 828 g/mol. The standard InChI is InChI=1S/C62H56N2/c1-8-43(4)51-26-15-16-27-53(51)52-34-32-49(38-45(52)6)64(48-25-19-20-41(2)36-48)60-40-58-61(55-29-18-17-28-54(55)60)56-35-33-50(39-57(56)62(58,7)46-21-11-9-12-22-46)63(47-23-13-10-14-24-47)59-37-42(3)30-31-44(59)5/h9-40,43H,8H2,1-7H3. The number of para-hydroxylation sites is 1. The van der Waals surface area contributed by atoms with Gasteiger partial charge in [0.25, 0.3) is 0 Å². The van der Waals surface area contributed by atoms with E-state index in [0.29, 0.717) is 5.92 Å². The molecule has 0 radical (unpaired) electrons. The van der Waals surface area contributed by atoms with Crippen LogP contribution >= 0.6 is 0 Å². The molecule has 9 aromatic carbocycles. The van der Waals surface area contributed by atoms with E-state index in [-0.39, 0.29) is 0 Å². The van der Waals surface area contributed by atoms with E-state index in [1.807, 2.05) is 0 Å². The highest BCUT2D eigenvalue weighted by Crippen LogP contribution is 2.58. The molecule has 1 aliphatic carbocycles. The van der Waals surface area contributed by atoms with Crippen molar-refractivity contribution in [1.82, 2.24) is 0 Å². The van der Waals surface area contributed by atoms with Crippen LogP contribution in [0.5, 0.6) is 0 Å². The van der Waals surface area contributed by atoms with E-state index < -0.39 is 5.41 Å². The predicted molar refractivity (Wildman–Crippen MR) is 274 cm³/mol. The van der Waals surface area contributed by atoms with E-state index in [4.69, 9.17) is 0 Å². The van der Waals surface area contributed by atoms with E-state index in [0.717, 1.165) is 29.2 Å². The highest BCUT2D eigenvalue weighted by Gasteiger charge is 2.43. The van der Waals surface area contributed by atoms with Crippen LogP contribution in [0.1, 0.15) is 77.6 Å². The zero-order chi connectivity index (χ0) is 44.1. The van der Waals surface area contributed by atoms with E-state index in [1.54, 1.807) is 0 Å². The maximum atomic E-state index is 2.52. The van der Waals surface area contributed by atoms with Crippen LogP contribution in [0.2, 0.25) is 0 Å². The largest absolute Gasteiger partial charge is 0.310 e. The van der Waals surface area contributed by atoms with Gasteiger partial charge < -0.3 is 9.80 Å². The fraction of sp³-hybridized carbons (Fsp3) is 0.161. The molecule has 2 atom stereocenters. The first kappa shape index (κ1) is 40.9. The Bertz CT molecular complexity index is 3180. The summed E-state index contributed by atoms with van der Waals surface area (Å²) >= 11 is 0. The van der Waals surface area contributed by atoms with Crippen molar-refractivity contribution in [2.24, 2.45) is 0 Å². The molecule has 10 rings (SSSR count). The number of hydrogen-bond acceptors (Lipinski definition) is 2. The van der Waals surface area contributed by atoms with Crippen LogP contribution in [-0.4, -0.2) is 0 Å². The Morgan fingerprint density at radius 3 is 1.78 bits per heavy atom. The number of aryl methyl sites for hydroxylation is 4. The molecule has 9 aromatic rings. The average Bonchev–Trinajstić information content (AvgIpc) is 3.58. The van der Waals surface area contributed by atoms with E-state index >= 15 is 0 Å². The SMILES string of the molecule is CCC(C)c1ccccc1-c1ccc(N(c2cccc(C)c2)c2cc3c(c4ccccc24)-c2ccc(N(c4ccccc4)c4cc(C)ccc4C)cc2C3(C)c2ccccc2)cc1C. The van der Waals surface area contributed by atoms with Crippen LogP contribution in [0, 0.1) is 27.7 Å². The van der Waals surface area contributed by atoms with E-state index in [1.165, 1.54) is 88.9 Å². The van der Waals surface area contributed by atoms with Gasteiger partial charge in [0.1, 0.15) is 0 Å². The molecule has 0 N–H and O–H groups in total. The lowest BCUT2D eigenvalue weighted by molar-refractivity contribution is 0.714. The van der Waals surface area contributed by atoms with Crippen LogP contribution in [0.4, 0.5) is 34.1 Å². The summed E-state index contributed by atoms with van der Waals surface area (Å²) in [5.41, 5.74) is 21.9. The summed E-state index contributed by atoms with van der Waals surface area (Å²) in [5.74, 6) is 0.476. The molecular formula is C62H56N2. The lowest BCUT2D eigenvalue weighted by Gasteiger charge is -2.33. The summed E-state index contributed by atoms with van der Waals surface area (Å²) in [7, 11) is 0. The molecule has 0 bridgehead atoms. The minimum absolute atomic E-state index is 0.470. The molecule has 0 aromatic heterocycles. The highest BCUT2D eigenvalue weighted by molar-refractivity contribution is 6.10. The van der Waals surface area contributed by atoms with Gasteiger partial charge in [-0.2, -0.15) is 0 Å². The Balaban J connectivity index is 1.22. The van der Waals surface area contributed by atoms with Gasteiger partial charge in [-0.25, -0.2) is 0 Å². The Morgan fingerprint density at radius 2 is 1.05 bits per heavy atom. The minimum atomic E-state index is -0.470. The molecule has 0 saturated heterocycles. The quantitative estimate of drug-likeness (QED) is 0.135. The number of nitrogens with zero attached hydrogens (tertiary/aromatic N) is 2. The minimum Gasteiger partial charge on any atom is -0.310 e. The summed E-state index contributed by atoms with van der Waals surface area (Å²) in [6, 6.07) is 72.6. The van der Waals surface area contributed by atoms with Crippen LogP contribution in [-0.2, 0) is 5.41 Å². The molecular weight excluding hydrogens is 773 g/mol. The number of anilines is 6. The third-order valence-corrected chi connectivity index (χ3v) is 14.0. The highest BCUT2D eigenvalue weighted by atomic mass is 15.2. The summed E-state index contributed by atoms with van der Waals surface area (Å²) in [5, 5.41) is 2.48. The predicted octanol–water partition coefficient (Wildman–Crippen LogP) is 17.5. The van der Waals surface area contributed by atoms with Crippen LogP contribution in [0.15, 0.2) is 194 Å². The molecule has 314 valence electrons. The molecule has 2 nitrogen and oxygen atoms in total. The van der Waals surface area contributed by atoms with Crippen molar-refractivity contribution in [2.75, 3.05) is 9.80 Å². The number of rotatable bonds is 10. The maximum absolute atomic E-state index is 2.52. The number of fused-ring (bicyclic) bond motifs is 5. The van der Waals surface area contributed by atoms with E-state index in [2.05, 4.69) is 252 Å². The van der Waals surface area contributed by atoms with Crippen molar-refractivity contribution in [3.05, 3.63) is 239 Å². The molecule has 64 heavy (non-hydrogen) atoms. The van der Waals surface area contributed by atoms with Gasteiger partial charge >= 0.3 is 0 Å². The van der Waals surface area contributed by atoms with Gasteiger partial charge in [-0.15, -0.1) is 0 Å². The summed E-state index contributed by atoms with van der Waals surface area (Å²) in [6.45, 7) is 15.9. The Morgan fingerprint density at radius 1 is 0.438 bits per heavy atom. The third kappa shape index (κ3) is 6.90. The van der Waals surface area contributed by atoms with Gasteiger partial charge in [0.2, 0.25) is 0 Å².